The molecule has 68 valence electrons. The molecule has 1 rings (SSSR count). The van der Waals surface area contributed by atoms with E-state index >= 15 is 0 Å². The Balaban J connectivity index is 2.37. The largest absolute Gasteiger partial charge is 0.373 e. The maximum absolute atomic E-state index is 4.42. The zero-order chi connectivity index (χ0) is 8.97. The molecule has 0 saturated heterocycles. The zero-order valence-corrected chi connectivity index (χ0v) is 8.22. The Bertz CT molecular complexity index is 202. The highest BCUT2D eigenvalue weighted by Crippen LogP contribution is 2.08. The number of allylic oxidation sites excluding steroid dienone is 2. The van der Waals surface area contributed by atoms with Gasteiger partial charge in [-0.3, -0.25) is 0 Å². The van der Waals surface area contributed by atoms with Crippen molar-refractivity contribution in [3.8, 4) is 0 Å². The molecule has 0 amide bonds. The molecule has 0 saturated carbocycles. The summed E-state index contributed by atoms with van der Waals surface area (Å²) in [6, 6.07) is 0. The van der Waals surface area contributed by atoms with Crippen LogP contribution in [0.1, 0.15) is 33.6 Å². The van der Waals surface area contributed by atoms with Crippen molar-refractivity contribution in [2.45, 2.75) is 33.6 Å². The summed E-state index contributed by atoms with van der Waals surface area (Å²) in [7, 11) is 0. The number of hydrogen-bond donors (Lipinski definition) is 1. The Kier molecular flexibility index (Phi) is 3.32. The Labute approximate surface area is 74.8 Å². The summed E-state index contributed by atoms with van der Waals surface area (Å²) in [5.41, 5.74) is 1.15. The second-order valence-electron chi connectivity index (χ2n) is 3.72. The molecule has 12 heavy (non-hydrogen) atoms. The van der Waals surface area contributed by atoms with E-state index in [-0.39, 0.29) is 0 Å². The van der Waals surface area contributed by atoms with E-state index in [1.807, 2.05) is 0 Å². The number of nitrogens with zero attached hydrogens (tertiary/aromatic N) is 1. The monoisotopic (exact) mass is 166 g/mol. The van der Waals surface area contributed by atoms with Crippen molar-refractivity contribution < 1.29 is 0 Å². The van der Waals surface area contributed by atoms with Crippen LogP contribution >= 0.6 is 0 Å². The van der Waals surface area contributed by atoms with Crippen LogP contribution in [-0.4, -0.2) is 12.4 Å². The van der Waals surface area contributed by atoms with Gasteiger partial charge in [-0.05, 0) is 19.3 Å². The minimum absolute atomic E-state index is 0.693. The van der Waals surface area contributed by atoms with Crippen LogP contribution < -0.4 is 5.32 Å². The van der Waals surface area contributed by atoms with E-state index in [4.69, 9.17) is 0 Å². The maximum atomic E-state index is 4.42. The first-order valence-electron chi connectivity index (χ1n) is 4.66. The highest BCUT2D eigenvalue weighted by Gasteiger charge is 2.03. The first-order valence-corrected chi connectivity index (χ1v) is 4.66. The van der Waals surface area contributed by atoms with E-state index in [1.54, 1.807) is 0 Å². The van der Waals surface area contributed by atoms with Crippen LogP contribution in [0.25, 0.3) is 0 Å². The number of aliphatic imine (C=N–C) groups is 1. The SMILES string of the molecule is CC1=CCCC(NCC(C)C)=N1. The van der Waals surface area contributed by atoms with Gasteiger partial charge < -0.3 is 5.32 Å². The van der Waals surface area contributed by atoms with Gasteiger partial charge >= 0.3 is 0 Å². The van der Waals surface area contributed by atoms with Crippen LogP contribution in [0.5, 0.6) is 0 Å². The van der Waals surface area contributed by atoms with E-state index in [0.717, 1.165) is 30.9 Å². The zero-order valence-electron chi connectivity index (χ0n) is 8.22. The predicted octanol–water partition coefficient (Wildman–Crippen LogP) is 2.33. The van der Waals surface area contributed by atoms with E-state index in [0.29, 0.717) is 5.92 Å². The molecule has 0 aromatic rings. The third-order valence-corrected chi connectivity index (χ3v) is 1.85. The van der Waals surface area contributed by atoms with Crippen LogP contribution in [0.4, 0.5) is 0 Å². The number of amidine groups is 1. The average Bonchev–Trinajstić information content (AvgIpc) is 2.01. The normalized spacial score (nSPS) is 17.3. The standard InChI is InChI=1S/C10H18N2/c1-8(2)7-11-10-6-4-5-9(3)12-10/h5,8H,4,6-7H2,1-3H3,(H,11,12). The molecular formula is C10H18N2. The second kappa shape index (κ2) is 4.29. The summed E-state index contributed by atoms with van der Waals surface area (Å²) < 4.78 is 0. The number of hydrogen-bond acceptors (Lipinski definition) is 2. The summed E-state index contributed by atoms with van der Waals surface area (Å²) in [6.45, 7) is 7.50. The first-order chi connectivity index (χ1) is 5.68. The van der Waals surface area contributed by atoms with E-state index < -0.39 is 0 Å². The minimum atomic E-state index is 0.693. The third-order valence-electron chi connectivity index (χ3n) is 1.85. The summed E-state index contributed by atoms with van der Waals surface area (Å²) >= 11 is 0. The Morgan fingerprint density at radius 1 is 1.58 bits per heavy atom. The van der Waals surface area contributed by atoms with Crippen LogP contribution in [0.3, 0.4) is 0 Å². The molecule has 1 N–H and O–H groups in total. The molecule has 0 unspecified atom stereocenters. The van der Waals surface area contributed by atoms with Crippen molar-refractivity contribution in [1.29, 1.82) is 0 Å². The molecule has 0 atom stereocenters. The quantitative estimate of drug-likeness (QED) is 0.669. The molecule has 1 aliphatic heterocycles. The molecule has 2 heteroatoms. The van der Waals surface area contributed by atoms with Gasteiger partial charge in [0, 0.05) is 18.7 Å². The van der Waals surface area contributed by atoms with Crippen molar-refractivity contribution in [2.24, 2.45) is 10.9 Å². The Hall–Kier alpha value is -0.790. The third kappa shape index (κ3) is 3.07. The van der Waals surface area contributed by atoms with Gasteiger partial charge in [0.25, 0.3) is 0 Å². The van der Waals surface area contributed by atoms with Crippen molar-refractivity contribution in [3.05, 3.63) is 11.8 Å². The van der Waals surface area contributed by atoms with Crippen molar-refractivity contribution >= 4 is 5.84 Å². The molecule has 1 aliphatic rings. The predicted molar refractivity (Wildman–Crippen MR) is 53.3 cm³/mol. The second-order valence-corrected chi connectivity index (χ2v) is 3.72. The molecular weight excluding hydrogens is 148 g/mol. The molecule has 0 spiro atoms. The summed E-state index contributed by atoms with van der Waals surface area (Å²) in [6.07, 6.45) is 4.39. The number of rotatable bonds is 2. The van der Waals surface area contributed by atoms with Gasteiger partial charge in [-0.2, -0.15) is 0 Å². The van der Waals surface area contributed by atoms with Crippen molar-refractivity contribution in [1.82, 2.24) is 5.32 Å². The number of nitrogens with one attached hydrogen (secondary N) is 1. The van der Waals surface area contributed by atoms with Crippen LogP contribution in [0.2, 0.25) is 0 Å². The molecule has 2 nitrogen and oxygen atoms in total. The van der Waals surface area contributed by atoms with Gasteiger partial charge in [-0.1, -0.05) is 19.9 Å². The van der Waals surface area contributed by atoms with Gasteiger partial charge in [-0.15, -0.1) is 0 Å². The molecule has 0 aliphatic carbocycles. The van der Waals surface area contributed by atoms with Gasteiger partial charge in [0.1, 0.15) is 5.84 Å². The smallest absolute Gasteiger partial charge is 0.102 e. The van der Waals surface area contributed by atoms with Crippen molar-refractivity contribution in [2.75, 3.05) is 6.54 Å². The fraction of sp³-hybridized carbons (Fsp3) is 0.700. The van der Waals surface area contributed by atoms with Crippen molar-refractivity contribution in [3.63, 3.8) is 0 Å². The van der Waals surface area contributed by atoms with Gasteiger partial charge in [0.2, 0.25) is 0 Å². The van der Waals surface area contributed by atoms with E-state index in [2.05, 4.69) is 37.2 Å². The lowest BCUT2D eigenvalue weighted by Crippen LogP contribution is -2.28. The van der Waals surface area contributed by atoms with Gasteiger partial charge in [-0.25, -0.2) is 4.99 Å². The molecule has 0 bridgehead atoms. The lowest BCUT2D eigenvalue weighted by Gasteiger charge is -2.14. The summed E-state index contributed by atoms with van der Waals surface area (Å²) in [5.74, 6) is 1.85. The minimum Gasteiger partial charge on any atom is -0.373 e. The van der Waals surface area contributed by atoms with Crippen LogP contribution in [0, 0.1) is 5.92 Å². The van der Waals surface area contributed by atoms with E-state index in [9.17, 15) is 0 Å². The van der Waals surface area contributed by atoms with Crippen LogP contribution in [-0.2, 0) is 0 Å². The average molecular weight is 166 g/mol. The molecule has 0 fully saturated rings. The topological polar surface area (TPSA) is 24.4 Å². The molecule has 0 aromatic heterocycles. The summed E-state index contributed by atoms with van der Waals surface area (Å²) in [4.78, 5) is 4.42. The Morgan fingerprint density at radius 2 is 2.33 bits per heavy atom. The molecule has 1 heterocycles. The molecule has 0 radical (unpaired) electrons. The molecule has 0 aromatic carbocycles. The highest BCUT2D eigenvalue weighted by molar-refractivity contribution is 5.83. The lowest BCUT2D eigenvalue weighted by molar-refractivity contribution is 0.619. The van der Waals surface area contributed by atoms with Gasteiger partial charge in [0.15, 0.2) is 0 Å². The fourth-order valence-electron chi connectivity index (χ4n) is 1.18. The lowest BCUT2D eigenvalue weighted by atomic mass is 10.2. The van der Waals surface area contributed by atoms with Crippen LogP contribution in [0.15, 0.2) is 16.8 Å². The van der Waals surface area contributed by atoms with Gasteiger partial charge in [0.05, 0.1) is 0 Å². The van der Waals surface area contributed by atoms with E-state index in [1.165, 1.54) is 0 Å². The Morgan fingerprint density at radius 3 is 2.92 bits per heavy atom. The first kappa shape index (κ1) is 9.30. The fourth-order valence-corrected chi connectivity index (χ4v) is 1.18. The maximum Gasteiger partial charge on any atom is 0.102 e. The highest BCUT2D eigenvalue weighted by atomic mass is 15.0. The summed E-state index contributed by atoms with van der Waals surface area (Å²) in [5, 5.41) is 3.36.